The Balaban J connectivity index is 2.04. The Morgan fingerprint density at radius 2 is 1.82 bits per heavy atom. The Morgan fingerprint density at radius 1 is 1.14 bits per heavy atom. The summed E-state index contributed by atoms with van der Waals surface area (Å²) in [5.74, 6) is 0.259. The number of hydrogen-bond donors (Lipinski definition) is 1. The van der Waals surface area contributed by atoms with E-state index in [1.807, 2.05) is 25.1 Å². The van der Waals surface area contributed by atoms with Crippen molar-refractivity contribution < 1.29 is 17.5 Å². The van der Waals surface area contributed by atoms with Crippen molar-refractivity contribution in [2.45, 2.75) is 18.2 Å². The fraction of sp³-hybridized carbons (Fsp3) is 0.250. The standard InChI is InChI=1S/C16H18FNO3S/c1-12-3-8-16(21-2)13(11-12)9-10-18-22(19,20)15-6-4-14(17)5-7-15/h3-8,11,18H,9-10H2,1-2H3. The van der Waals surface area contributed by atoms with Crippen LogP contribution in [-0.4, -0.2) is 22.1 Å². The van der Waals surface area contributed by atoms with E-state index in [1.54, 1.807) is 7.11 Å². The molecular formula is C16H18FNO3S. The van der Waals surface area contributed by atoms with Crippen molar-refractivity contribution >= 4 is 10.0 Å². The summed E-state index contributed by atoms with van der Waals surface area (Å²) >= 11 is 0. The predicted octanol–water partition coefficient (Wildman–Crippen LogP) is 2.66. The van der Waals surface area contributed by atoms with E-state index in [0.29, 0.717) is 6.42 Å². The molecule has 0 amide bonds. The molecule has 0 saturated heterocycles. The largest absolute Gasteiger partial charge is 0.496 e. The molecule has 0 aliphatic heterocycles. The summed E-state index contributed by atoms with van der Waals surface area (Å²) in [6.45, 7) is 2.20. The zero-order valence-electron chi connectivity index (χ0n) is 12.5. The fourth-order valence-corrected chi connectivity index (χ4v) is 3.15. The van der Waals surface area contributed by atoms with Crippen LogP contribution in [0.15, 0.2) is 47.4 Å². The van der Waals surface area contributed by atoms with Gasteiger partial charge < -0.3 is 4.74 Å². The highest BCUT2D eigenvalue weighted by Crippen LogP contribution is 2.20. The van der Waals surface area contributed by atoms with Crippen molar-refractivity contribution in [2.24, 2.45) is 0 Å². The van der Waals surface area contributed by atoms with Gasteiger partial charge in [0.25, 0.3) is 0 Å². The van der Waals surface area contributed by atoms with E-state index in [-0.39, 0.29) is 11.4 Å². The SMILES string of the molecule is COc1ccc(C)cc1CCNS(=O)(=O)c1ccc(F)cc1. The molecule has 6 heteroatoms. The third kappa shape index (κ3) is 4.05. The second-order valence-corrected chi connectivity index (χ2v) is 6.68. The van der Waals surface area contributed by atoms with Gasteiger partial charge in [-0.1, -0.05) is 17.7 Å². The average molecular weight is 323 g/mol. The van der Waals surface area contributed by atoms with Gasteiger partial charge in [-0.3, -0.25) is 0 Å². The van der Waals surface area contributed by atoms with Crippen LogP contribution in [0.3, 0.4) is 0 Å². The second-order valence-electron chi connectivity index (χ2n) is 4.92. The minimum Gasteiger partial charge on any atom is -0.496 e. The second kappa shape index (κ2) is 6.89. The molecule has 0 aliphatic rings. The molecule has 0 radical (unpaired) electrons. The van der Waals surface area contributed by atoms with E-state index in [1.165, 1.54) is 12.1 Å². The monoisotopic (exact) mass is 323 g/mol. The third-order valence-corrected chi connectivity index (χ3v) is 4.72. The van der Waals surface area contributed by atoms with Crippen LogP contribution in [0, 0.1) is 12.7 Å². The van der Waals surface area contributed by atoms with Crippen LogP contribution >= 0.6 is 0 Å². The molecule has 0 aliphatic carbocycles. The lowest BCUT2D eigenvalue weighted by Crippen LogP contribution is -2.26. The average Bonchev–Trinajstić information content (AvgIpc) is 2.48. The Hall–Kier alpha value is -1.92. The first-order valence-corrected chi connectivity index (χ1v) is 8.29. The van der Waals surface area contributed by atoms with Gasteiger partial charge in [-0.2, -0.15) is 0 Å². The molecule has 1 N–H and O–H groups in total. The van der Waals surface area contributed by atoms with Crippen molar-refractivity contribution in [1.82, 2.24) is 4.72 Å². The molecule has 4 nitrogen and oxygen atoms in total. The molecule has 0 fully saturated rings. The maximum absolute atomic E-state index is 12.8. The zero-order valence-corrected chi connectivity index (χ0v) is 13.3. The van der Waals surface area contributed by atoms with E-state index in [4.69, 9.17) is 4.74 Å². The molecule has 0 heterocycles. The van der Waals surface area contributed by atoms with Gasteiger partial charge in [0.15, 0.2) is 0 Å². The van der Waals surface area contributed by atoms with Crippen LogP contribution in [0.1, 0.15) is 11.1 Å². The van der Waals surface area contributed by atoms with Gasteiger partial charge in [0.1, 0.15) is 11.6 Å². The lowest BCUT2D eigenvalue weighted by molar-refractivity contribution is 0.409. The quantitative estimate of drug-likeness (QED) is 0.889. The van der Waals surface area contributed by atoms with Crippen LogP contribution < -0.4 is 9.46 Å². The van der Waals surface area contributed by atoms with E-state index in [2.05, 4.69) is 4.72 Å². The maximum Gasteiger partial charge on any atom is 0.240 e. The molecule has 22 heavy (non-hydrogen) atoms. The van der Waals surface area contributed by atoms with Gasteiger partial charge in [-0.05, 0) is 49.2 Å². The molecule has 0 bridgehead atoms. The van der Waals surface area contributed by atoms with Crippen LogP contribution in [0.4, 0.5) is 4.39 Å². The van der Waals surface area contributed by atoms with Crippen LogP contribution in [0.25, 0.3) is 0 Å². The third-order valence-electron chi connectivity index (χ3n) is 3.25. The first-order chi connectivity index (χ1) is 10.4. The van der Waals surface area contributed by atoms with E-state index >= 15 is 0 Å². The number of ether oxygens (including phenoxy) is 1. The molecule has 0 saturated carbocycles. The Morgan fingerprint density at radius 3 is 2.45 bits per heavy atom. The molecule has 2 rings (SSSR count). The van der Waals surface area contributed by atoms with E-state index in [0.717, 1.165) is 29.0 Å². The molecule has 0 spiro atoms. The summed E-state index contributed by atoms with van der Waals surface area (Å²) in [4.78, 5) is 0.0464. The van der Waals surface area contributed by atoms with Crippen molar-refractivity contribution in [3.63, 3.8) is 0 Å². The van der Waals surface area contributed by atoms with E-state index in [9.17, 15) is 12.8 Å². The first kappa shape index (κ1) is 16.5. The predicted molar refractivity (Wildman–Crippen MR) is 83.0 cm³/mol. The molecule has 2 aromatic rings. The summed E-state index contributed by atoms with van der Waals surface area (Å²) in [6, 6.07) is 10.5. The number of rotatable bonds is 6. The van der Waals surface area contributed by atoms with Crippen molar-refractivity contribution in [1.29, 1.82) is 0 Å². The summed E-state index contributed by atoms with van der Waals surface area (Å²) in [5, 5.41) is 0. The van der Waals surface area contributed by atoms with E-state index < -0.39 is 15.8 Å². The first-order valence-electron chi connectivity index (χ1n) is 6.81. The van der Waals surface area contributed by atoms with Gasteiger partial charge in [0.05, 0.1) is 12.0 Å². The highest BCUT2D eigenvalue weighted by Gasteiger charge is 2.13. The molecule has 2 aromatic carbocycles. The van der Waals surface area contributed by atoms with Crippen molar-refractivity contribution in [3.8, 4) is 5.75 Å². The fourth-order valence-electron chi connectivity index (χ4n) is 2.12. The zero-order chi connectivity index (χ0) is 16.2. The van der Waals surface area contributed by atoms with Crippen molar-refractivity contribution in [2.75, 3.05) is 13.7 Å². The number of halogens is 1. The number of methoxy groups -OCH3 is 1. The Labute approximate surface area is 130 Å². The Kier molecular flexibility index (Phi) is 5.15. The van der Waals surface area contributed by atoms with Gasteiger partial charge in [-0.15, -0.1) is 0 Å². The van der Waals surface area contributed by atoms with Gasteiger partial charge >= 0.3 is 0 Å². The maximum atomic E-state index is 12.8. The molecule has 0 aromatic heterocycles. The molecular weight excluding hydrogens is 305 g/mol. The summed E-state index contributed by atoms with van der Waals surface area (Å²) < 4.78 is 44.8. The Bertz CT molecular complexity index is 742. The number of benzene rings is 2. The van der Waals surface area contributed by atoms with Crippen LogP contribution in [0.2, 0.25) is 0 Å². The minimum absolute atomic E-state index is 0.0464. The number of nitrogens with one attached hydrogen (secondary N) is 1. The number of hydrogen-bond acceptors (Lipinski definition) is 3. The van der Waals surface area contributed by atoms with Crippen LogP contribution in [0.5, 0.6) is 5.75 Å². The van der Waals surface area contributed by atoms with Crippen molar-refractivity contribution in [3.05, 3.63) is 59.4 Å². The molecule has 0 unspecified atom stereocenters. The summed E-state index contributed by atoms with van der Waals surface area (Å²) in [6.07, 6.45) is 0.505. The highest BCUT2D eigenvalue weighted by atomic mass is 32.2. The van der Waals surface area contributed by atoms with Gasteiger partial charge in [0, 0.05) is 6.54 Å². The van der Waals surface area contributed by atoms with Gasteiger partial charge in [0.2, 0.25) is 10.0 Å². The lowest BCUT2D eigenvalue weighted by atomic mass is 10.1. The van der Waals surface area contributed by atoms with Crippen LogP contribution in [-0.2, 0) is 16.4 Å². The molecule has 0 atom stereocenters. The lowest BCUT2D eigenvalue weighted by Gasteiger charge is -2.10. The summed E-state index contributed by atoms with van der Waals surface area (Å²) in [7, 11) is -2.05. The van der Waals surface area contributed by atoms with Gasteiger partial charge in [-0.25, -0.2) is 17.5 Å². The summed E-state index contributed by atoms with van der Waals surface area (Å²) in [5.41, 5.74) is 2.02. The molecule has 118 valence electrons. The normalized spacial score (nSPS) is 11.4. The highest BCUT2D eigenvalue weighted by molar-refractivity contribution is 7.89. The smallest absolute Gasteiger partial charge is 0.240 e. The number of aryl methyl sites for hydroxylation is 1. The number of sulfonamides is 1. The topological polar surface area (TPSA) is 55.4 Å². The minimum atomic E-state index is -3.63.